The molecular formula is C18H27N3O. The number of para-hydroxylation sites is 1. The third-order valence-corrected chi connectivity index (χ3v) is 4.93. The monoisotopic (exact) mass is 301 g/mol. The van der Waals surface area contributed by atoms with Crippen molar-refractivity contribution in [2.75, 3.05) is 38.1 Å². The summed E-state index contributed by atoms with van der Waals surface area (Å²) in [4.78, 5) is 17.2. The van der Waals surface area contributed by atoms with E-state index in [1.807, 2.05) is 18.0 Å². The maximum absolute atomic E-state index is 12.8. The molecule has 1 saturated heterocycles. The smallest absolute Gasteiger partial charge is 0.241 e. The number of hydrogen-bond donors (Lipinski definition) is 1. The summed E-state index contributed by atoms with van der Waals surface area (Å²) in [5.74, 6) is 0.928. The van der Waals surface area contributed by atoms with Crippen LogP contribution in [0.3, 0.4) is 0 Å². The predicted octanol–water partition coefficient (Wildman–Crippen LogP) is 1.90. The topological polar surface area (TPSA) is 35.6 Å². The average molecular weight is 301 g/mol. The Hall–Kier alpha value is -1.39. The van der Waals surface area contributed by atoms with Gasteiger partial charge in [0.2, 0.25) is 5.91 Å². The highest BCUT2D eigenvalue weighted by atomic mass is 16.2. The van der Waals surface area contributed by atoms with Gasteiger partial charge in [0, 0.05) is 18.3 Å². The van der Waals surface area contributed by atoms with Crippen LogP contribution in [0.25, 0.3) is 0 Å². The van der Waals surface area contributed by atoms with Crippen LogP contribution in [0, 0.1) is 5.92 Å². The van der Waals surface area contributed by atoms with Gasteiger partial charge in [0.05, 0.1) is 6.54 Å². The SMILES string of the molecule is CNCC1CCCN(CC(=O)N2c3ccccc3CC2C)C1. The van der Waals surface area contributed by atoms with Crippen LogP contribution >= 0.6 is 0 Å². The van der Waals surface area contributed by atoms with E-state index in [4.69, 9.17) is 0 Å². The van der Waals surface area contributed by atoms with E-state index in [0.29, 0.717) is 12.5 Å². The van der Waals surface area contributed by atoms with E-state index >= 15 is 0 Å². The number of likely N-dealkylation sites (tertiary alicyclic amines) is 1. The number of fused-ring (bicyclic) bond motifs is 1. The first-order valence-corrected chi connectivity index (χ1v) is 8.46. The van der Waals surface area contributed by atoms with Gasteiger partial charge >= 0.3 is 0 Å². The van der Waals surface area contributed by atoms with Crippen molar-refractivity contribution in [3.05, 3.63) is 29.8 Å². The summed E-state index contributed by atoms with van der Waals surface area (Å²) in [6.07, 6.45) is 3.45. The van der Waals surface area contributed by atoms with Crippen molar-refractivity contribution in [2.24, 2.45) is 5.92 Å². The van der Waals surface area contributed by atoms with Crippen LogP contribution in [0.4, 0.5) is 5.69 Å². The Kier molecular flexibility index (Phi) is 4.79. The van der Waals surface area contributed by atoms with E-state index in [2.05, 4.69) is 35.3 Å². The number of piperidine rings is 1. The summed E-state index contributed by atoms with van der Waals surface area (Å²) in [6, 6.07) is 8.59. The zero-order chi connectivity index (χ0) is 15.5. The largest absolute Gasteiger partial charge is 0.319 e. The molecule has 0 bridgehead atoms. The second-order valence-electron chi connectivity index (χ2n) is 6.75. The molecule has 3 rings (SSSR count). The molecule has 1 aromatic rings. The fourth-order valence-electron chi connectivity index (χ4n) is 3.96. The van der Waals surface area contributed by atoms with E-state index in [9.17, 15) is 4.79 Å². The molecule has 2 aliphatic rings. The fraction of sp³-hybridized carbons (Fsp3) is 0.611. The second kappa shape index (κ2) is 6.80. The lowest BCUT2D eigenvalue weighted by molar-refractivity contribution is -0.120. The molecule has 0 saturated carbocycles. The molecule has 22 heavy (non-hydrogen) atoms. The predicted molar refractivity (Wildman–Crippen MR) is 90.2 cm³/mol. The molecule has 2 unspecified atom stereocenters. The van der Waals surface area contributed by atoms with Gasteiger partial charge in [0.1, 0.15) is 0 Å². The molecule has 2 atom stereocenters. The normalized spacial score (nSPS) is 25.3. The first-order valence-electron chi connectivity index (χ1n) is 8.46. The average Bonchev–Trinajstić information content (AvgIpc) is 2.83. The summed E-state index contributed by atoms with van der Waals surface area (Å²) >= 11 is 0. The van der Waals surface area contributed by atoms with Crippen LogP contribution in [-0.2, 0) is 11.2 Å². The molecule has 0 spiro atoms. The maximum atomic E-state index is 12.8. The highest BCUT2D eigenvalue weighted by Gasteiger charge is 2.32. The lowest BCUT2D eigenvalue weighted by atomic mass is 9.98. The van der Waals surface area contributed by atoms with Crippen molar-refractivity contribution in [2.45, 2.75) is 32.2 Å². The van der Waals surface area contributed by atoms with Crippen LogP contribution in [0.1, 0.15) is 25.3 Å². The quantitative estimate of drug-likeness (QED) is 0.922. The van der Waals surface area contributed by atoms with Crippen LogP contribution in [0.5, 0.6) is 0 Å². The van der Waals surface area contributed by atoms with Gasteiger partial charge < -0.3 is 10.2 Å². The summed E-state index contributed by atoms with van der Waals surface area (Å²) in [7, 11) is 2.01. The number of carbonyl (C=O) groups is 1. The molecule has 0 radical (unpaired) electrons. The molecule has 4 nitrogen and oxygen atoms in total. The van der Waals surface area contributed by atoms with E-state index in [1.54, 1.807) is 0 Å². The molecule has 120 valence electrons. The molecule has 0 aromatic heterocycles. The number of rotatable bonds is 4. The van der Waals surface area contributed by atoms with E-state index in [0.717, 1.165) is 31.7 Å². The van der Waals surface area contributed by atoms with Gasteiger partial charge in [-0.3, -0.25) is 9.69 Å². The number of benzene rings is 1. The standard InChI is InChI=1S/C18H27N3O/c1-14-10-16-7-3-4-8-17(16)21(14)18(22)13-20-9-5-6-15(12-20)11-19-2/h3-4,7-8,14-15,19H,5-6,9-13H2,1-2H3. The van der Waals surface area contributed by atoms with Gasteiger partial charge in [0.25, 0.3) is 0 Å². The second-order valence-corrected chi connectivity index (χ2v) is 6.75. The Balaban J connectivity index is 1.65. The van der Waals surface area contributed by atoms with Crippen molar-refractivity contribution in [3.63, 3.8) is 0 Å². The number of hydrogen-bond acceptors (Lipinski definition) is 3. The molecule has 1 fully saturated rings. The molecular weight excluding hydrogens is 274 g/mol. The van der Waals surface area contributed by atoms with Crippen LogP contribution in [-0.4, -0.2) is 50.1 Å². The Bertz CT molecular complexity index is 529. The lowest BCUT2D eigenvalue weighted by Gasteiger charge is -2.34. The Morgan fingerprint density at radius 3 is 3.00 bits per heavy atom. The van der Waals surface area contributed by atoms with Crippen molar-refractivity contribution in [1.29, 1.82) is 0 Å². The first kappa shape index (κ1) is 15.5. The van der Waals surface area contributed by atoms with Crippen LogP contribution < -0.4 is 10.2 Å². The third-order valence-electron chi connectivity index (χ3n) is 4.93. The van der Waals surface area contributed by atoms with Crippen molar-refractivity contribution < 1.29 is 4.79 Å². The number of anilines is 1. The van der Waals surface area contributed by atoms with E-state index in [1.165, 1.54) is 18.4 Å². The highest BCUT2D eigenvalue weighted by molar-refractivity contribution is 5.97. The van der Waals surface area contributed by atoms with Gasteiger partial charge in [-0.05, 0) is 63.9 Å². The van der Waals surface area contributed by atoms with Gasteiger partial charge in [-0.15, -0.1) is 0 Å². The van der Waals surface area contributed by atoms with Gasteiger partial charge in [-0.1, -0.05) is 18.2 Å². The van der Waals surface area contributed by atoms with Gasteiger partial charge in [0.15, 0.2) is 0 Å². The minimum Gasteiger partial charge on any atom is -0.319 e. The van der Waals surface area contributed by atoms with Crippen LogP contribution in [0.2, 0.25) is 0 Å². The molecule has 2 heterocycles. The lowest BCUT2D eigenvalue weighted by Crippen LogP contribution is -2.47. The maximum Gasteiger partial charge on any atom is 0.241 e. The molecule has 1 N–H and O–H groups in total. The third kappa shape index (κ3) is 3.18. The van der Waals surface area contributed by atoms with Crippen molar-refractivity contribution in [1.82, 2.24) is 10.2 Å². The zero-order valence-electron chi connectivity index (χ0n) is 13.7. The van der Waals surface area contributed by atoms with Crippen molar-refractivity contribution in [3.8, 4) is 0 Å². The minimum absolute atomic E-state index is 0.252. The summed E-state index contributed by atoms with van der Waals surface area (Å²) < 4.78 is 0. The number of nitrogens with one attached hydrogen (secondary N) is 1. The first-order chi connectivity index (χ1) is 10.7. The number of carbonyl (C=O) groups excluding carboxylic acids is 1. The summed E-state index contributed by atoms with van der Waals surface area (Å²) in [5.41, 5.74) is 2.42. The Morgan fingerprint density at radius 1 is 1.36 bits per heavy atom. The fourth-order valence-corrected chi connectivity index (χ4v) is 3.96. The molecule has 2 aliphatic heterocycles. The van der Waals surface area contributed by atoms with Crippen LogP contribution in [0.15, 0.2) is 24.3 Å². The van der Waals surface area contributed by atoms with Crippen molar-refractivity contribution >= 4 is 11.6 Å². The summed E-state index contributed by atoms with van der Waals surface area (Å²) in [5, 5.41) is 3.26. The molecule has 1 aromatic carbocycles. The minimum atomic E-state index is 0.252. The van der Waals surface area contributed by atoms with E-state index < -0.39 is 0 Å². The Morgan fingerprint density at radius 2 is 2.18 bits per heavy atom. The highest BCUT2D eigenvalue weighted by Crippen LogP contribution is 2.32. The molecule has 4 heteroatoms. The number of nitrogens with zero attached hydrogens (tertiary/aromatic N) is 2. The summed E-state index contributed by atoms with van der Waals surface area (Å²) in [6.45, 7) is 5.84. The number of amides is 1. The molecule has 0 aliphatic carbocycles. The molecule has 1 amide bonds. The van der Waals surface area contributed by atoms with Gasteiger partial charge in [-0.2, -0.15) is 0 Å². The Labute approximate surface area is 133 Å². The van der Waals surface area contributed by atoms with E-state index in [-0.39, 0.29) is 11.9 Å². The van der Waals surface area contributed by atoms with Gasteiger partial charge in [-0.25, -0.2) is 0 Å². The zero-order valence-corrected chi connectivity index (χ0v) is 13.7.